The predicted octanol–water partition coefficient (Wildman–Crippen LogP) is -2.98. The first-order valence-electron chi connectivity index (χ1n) is 30.3. The third kappa shape index (κ3) is 31.9. The van der Waals surface area contributed by atoms with Gasteiger partial charge in [0.05, 0.1) is 12.5 Å². The molecule has 498 valence electrons. The Balaban J connectivity index is 7.05. The van der Waals surface area contributed by atoms with Crippen LogP contribution in [0.4, 0.5) is 0 Å². The quantitative estimate of drug-likeness (QED) is 0.0270. The van der Waals surface area contributed by atoms with Crippen LogP contribution in [0.15, 0.2) is 0 Å². The lowest BCUT2D eigenvalue weighted by molar-refractivity contribution is -0.143. The minimum absolute atomic E-state index is 0.00363. The van der Waals surface area contributed by atoms with Crippen molar-refractivity contribution in [3.8, 4) is 0 Å². The summed E-state index contributed by atoms with van der Waals surface area (Å²) in [5.41, 5.74) is 34.1. The Bertz CT molecular complexity index is 2230. The number of carbonyl (C=O) groups is 13. The summed E-state index contributed by atoms with van der Waals surface area (Å²) in [5.74, 6) is -15.6. The Morgan fingerprint density at radius 3 is 0.966 bits per heavy atom. The second-order valence-electron chi connectivity index (χ2n) is 22.1. The van der Waals surface area contributed by atoms with Crippen molar-refractivity contribution in [1.82, 2.24) is 47.9 Å². The lowest BCUT2D eigenvalue weighted by atomic mass is 9.96. The third-order valence-corrected chi connectivity index (χ3v) is 15.0. The second kappa shape index (κ2) is 44.4. The summed E-state index contributed by atoms with van der Waals surface area (Å²) in [6.07, 6.45) is 1.19. The number of nitrogens with one attached hydrogen (secondary N) is 9. The first kappa shape index (κ1) is 79.9. The highest BCUT2D eigenvalue weighted by Gasteiger charge is 2.38. The standard InChI is InChI=1S/C56H103N15O16/c1-7-31(4)44(69-47(77)34(61)18-10-14-26-57)53(83)65-35(19-11-15-27-58)48(78)64-37(22-24-41(62)72)51(81)71-45(32(5)8-2)54(84)66-38(23-25-42(73)74)49(79)68-40(30-43(75)76)52(82)63-36(20-12-16-28-59)50(80)70-46(33(6)9-3)55(85)67-39(56(86)87)21-13-17-29-60/h31-40,44-46H,7-30,57-61H2,1-6H3,(H2,62,72)(H,63,82)(H,64,78)(H,65,83)(H,66,84)(H,67,85)(H,68,79)(H,69,77)(H,70,80)(H,71,81)(H,73,74)(H,75,76)(H,86,87)/t31-,32-,33-,34-,35-,36-,37-,38-,39-,40-,44-,45-,46-/m0/s1. The maximum Gasteiger partial charge on any atom is 0.326 e. The van der Waals surface area contributed by atoms with Gasteiger partial charge in [-0.15, -0.1) is 0 Å². The van der Waals surface area contributed by atoms with Gasteiger partial charge in [0.25, 0.3) is 0 Å². The molecule has 31 nitrogen and oxygen atoms in total. The first-order chi connectivity index (χ1) is 41.1. The molecular weight excluding hydrogens is 1140 g/mol. The maximum atomic E-state index is 14.3. The van der Waals surface area contributed by atoms with Crippen molar-refractivity contribution in [3.05, 3.63) is 0 Å². The van der Waals surface area contributed by atoms with E-state index in [1.165, 1.54) is 0 Å². The van der Waals surface area contributed by atoms with Gasteiger partial charge in [-0.25, -0.2) is 4.79 Å². The molecule has 31 heteroatoms. The van der Waals surface area contributed by atoms with Crippen LogP contribution in [0.2, 0.25) is 0 Å². The van der Waals surface area contributed by atoms with E-state index in [1.54, 1.807) is 41.5 Å². The number of unbranched alkanes of at least 4 members (excludes halogenated alkanes) is 4. The number of primary amides is 1. The van der Waals surface area contributed by atoms with E-state index in [9.17, 15) is 77.6 Å². The van der Waals surface area contributed by atoms with Crippen LogP contribution >= 0.6 is 0 Å². The van der Waals surface area contributed by atoms with Crippen molar-refractivity contribution in [2.75, 3.05) is 26.2 Å². The molecule has 0 aliphatic heterocycles. The molecule has 0 unspecified atom stereocenters. The van der Waals surface area contributed by atoms with Crippen LogP contribution in [-0.4, -0.2) is 179 Å². The predicted molar refractivity (Wildman–Crippen MR) is 321 cm³/mol. The van der Waals surface area contributed by atoms with Crippen molar-refractivity contribution < 1.29 is 77.6 Å². The summed E-state index contributed by atoms with van der Waals surface area (Å²) in [5, 5.41) is 52.0. The van der Waals surface area contributed by atoms with E-state index in [-0.39, 0.29) is 45.2 Å². The van der Waals surface area contributed by atoms with E-state index in [4.69, 9.17) is 34.4 Å². The number of rotatable bonds is 49. The number of hydrogen-bond acceptors (Lipinski definition) is 18. The molecule has 0 saturated heterocycles. The van der Waals surface area contributed by atoms with Gasteiger partial charge in [0.1, 0.15) is 54.4 Å². The highest BCUT2D eigenvalue weighted by Crippen LogP contribution is 2.16. The number of hydrogen-bond donors (Lipinski definition) is 18. The van der Waals surface area contributed by atoms with Crippen molar-refractivity contribution in [1.29, 1.82) is 0 Å². The van der Waals surface area contributed by atoms with Crippen LogP contribution in [-0.2, 0) is 62.3 Å². The summed E-state index contributed by atoms with van der Waals surface area (Å²) in [6, 6.07) is -14.5. The normalized spacial score (nSPS) is 15.7. The fourth-order valence-electron chi connectivity index (χ4n) is 8.86. The Morgan fingerprint density at radius 1 is 0.345 bits per heavy atom. The summed E-state index contributed by atoms with van der Waals surface area (Å²) in [7, 11) is 0. The van der Waals surface area contributed by atoms with Gasteiger partial charge in [-0.05, 0) is 127 Å². The van der Waals surface area contributed by atoms with E-state index < -0.39 is 187 Å². The molecule has 10 amide bonds. The fourth-order valence-corrected chi connectivity index (χ4v) is 8.86. The molecule has 0 aliphatic rings. The largest absolute Gasteiger partial charge is 0.481 e. The summed E-state index contributed by atoms with van der Waals surface area (Å²) >= 11 is 0. The Kier molecular flexibility index (Phi) is 40.7. The van der Waals surface area contributed by atoms with Gasteiger partial charge in [-0.1, -0.05) is 67.2 Å². The highest BCUT2D eigenvalue weighted by molar-refractivity contribution is 5.99. The molecule has 0 aromatic rings. The van der Waals surface area contributed by atoms with Gasteiger partial charge in [-0.2, -0.15) is 0 Å². The molecule has 13 atom stereocenters. The van der Waals surface area contributed by atoms with Crippen molar-refractivity contribution in [3.63, 3.8) is 0 Å². The van der Waals surface area contributed by atoms with E-state index in [0.29, 0.717) is 77.3 Å². The molecule has 0 radical (unpaired) electrons. The highest BCUT2D eigenvalue weighted by atomic mass is 16.4. The van der Waals surface area contributed by atoms with E-state index in [2.05, 4.69) is 47.9 Å². The molecule has 0 aromatic carbocycles. The summed E-state index contributed by atoms with van der Waals surface area (Å²) in [4.78, 5) is 174. The zero-order valence-electron chi connectivity index (χ0n) is 51.6. The van der Waals surface area contributed by atoms with Gasteiger partial charge in [-0.3, -0.25) is 57.5 Å². The van der Waals surface area contributed by atoms with Crippen LogP contribution < -0.4 is 82.3 Å². The average molecular weight is 1240 g/mol. The second-order valence-corrected chi connectivity index (χ2v) is 22.1. The Hall–Kier alpha value is -7.09. The van der Waals surface area contributed by atoms with Gasteiger partial charge in [0.15, 0.2) is 0 Å². The minimum atomic E-state index is -1.99. The molecule has 0 fully saturated rings. The Labute approximate surface area is 509 Å². The maximum absolute atomic E-state index is 14.3. The van der Waals surface area contributed by atoms with Crippen LogP contribution in [0.1, 0.15) is 170 Å². The lowest BCUT2D eigenvalue weighted by Gasteiger charge is -2.30. The van der Waals surface area contributed by atoms with Gasteiger partial charge in [0.2, 0.25) is 59.1 Å². The van der Waals surface area contributed by atoms with Crippen LogP contribution in [0.5, 0.6) is 0 Å². The zero-order chi connectivity index (χ0) is 66.3. The van der Waals surface area contributed by atoms with Crippen LogP contribution in [0.3, 0.4) is 0 Å². The molecule has 0 rings (SSSR count). The van der Waals surface area contributed by atoms with Gasteiger partial charge < -0.3 is 97.6 Å². The van der Waals surface area contributed by atoms with Crippen LogP contribution in [0, 0.1) is 17.8 Å². The molecule has 87 heavy (non-hydrogen) atoms. The van der Waals surface area contributed by atoms with Crippen molar-refractivity contribution in [2.24, 2.45) is 52.2 Å². The molecule has 0 heterocycles. The van der Waals surface area contributed by atoms with E-state index >= 15 is 0 Å². The van der Waals surface area contributed by atoms with Gasteiger partial charge in [0, 0.05) is 12.8 Å². The fraction of sp³-hybridized carbons (Fsp3) is 0.768. The lowest BCUT2D eigenvalue weighted by Crippen LogP contribution is -2.62. The Morgan fingerprint density at radius 2 is 0.632 bits per heavy atom. The summed E-state index contributed by atoms with van der Waals surface area (Å²) < 4.78 is 0. The number of aliphatic carboxylic acids is 3. The average Bonchev–Trinajstić information content (AvgIpc) is 3.29. The number of nitrogens with two attached hydrogens (primary N) is 6. The first-order valence-corrected chi connectivity index (χ1v) is 30.3. The number of carboxylic acids is 3. The summed E-state index contributed by atoms with van der Waals surface area (Å²) in [6.45, 7) is 11.1. The van der Waals surface area contributed by atoms with E-state index in [1.807, 2.05) is 0 Å². The molecule has 0 saturated carbocycles. The van der Waals surface area contributed by atoms with Gasteiger partial charge >= 0.3 is 17.9 Å². The minimum Gasteiger partial charge on any atom is -0.481 e. The SMILES string of the molecule is CC[C@H](C)[C@H](NC(=O)[C@H](CCCCN)NC(=O)[C@H](CC(=O)O)NC(=O)[C@H](CCC(=O)O)NC(=O)[C@@H](NC(=O)[C@H](CCC(N)=O)NC(=O)[C@H](CCCCN)NC(=O)[C@@H](NC(=O)[C@@H](N)CCCCN)[C@@H](C)CC)[C@@H](C)CC)C(=O)N[C@@H](CCCCN)C(=O)O. The van der Waals surface area contributed by atoms with Crippen LogP contribution in [0.25, 0.3) is 0 Å². The van der Waals surface area contributed by atoms with Crippen molar-refractivity contribution >= 4 is 77.0 Å². The molecule has 24 N–H and O–H groups in total. The van der Waals surface area contributed by atoms with E-state index in [0.717, 1.165) is 0 Å². The number of amides is 10. The zero-order valence-corrected chi connectivity index (χ0v) is 51.6. The molecular formula is C56H103N15O16. The molecule has 0 aliphatic carbocycles. The number of carbonyl (C=O) groups excluding carboxylic acids is 10. The smallest absolute Gasteiger partial charge is 0.326 e. The topological polar surface area (TPSA) is 547 Å². The molecule has 0 aromatic heterocycles. The molecule has 0 bridgehead atoms. The number of carboxylic acid groups (broad SMARTS) is 3. The van der Waals surface area contributed by atoms with Crippen molar-refractivity contribution in [2.45, 2.75) is 230 Å². The third-order valence-electron chi connectivity index (χ3n) is 15.0. The molecule has 0 spiro atoms. The monoisotopic (exact) mass is 1240 g/mol.